The van der Waals surface area contributed by atoms with Gasteiger partial charge in [-0.1, -0.05) is 36.0 Å². The Bertz CT molecular complexity index is 1020. The minimum absolute atomic E-state index is 0.0136. The van der Waals surface area contributed by atoms with Crippen LogP contribution < -0.4 is 10.2 Å². The summed E-state index contributed by atoms with van der Waals surface area (Å²) in [5, 5.41) is 11.4. The molecule has 150 valence electrons. The van der Waals surface area contributed by atoms with E-state index in [0.29, 0.717) is 17.6 Å². The standard InChI is InChI=1S/C19H16F3N5OS/c20-19(21,22)13-5-4-6-14(11-13)23-16(28)12-29-18-25-24-17-26(9-10-27(17)18)15-7-2-1-3-8-15/h1-8,11H,9-10,12H2,(H,23,28). The van der Waals surface area contributed by atoms with Crippen molar-refractivity contribution in [3.05, 3.63) is 60.2 Å². The molecule has 1 aromatic heterocycles. The topological polar surface area (TPSA) is 63.1 Å². The van der Waals surface area contributed by atoms with E-state index in [1.54, 1.807) is 0 Å². The molecule has 4 rings (SSSR count). The average molecular weight is 419 g/mol. The zero-order valence-electron chi connectivity index (χ0n) is 15.1. The van der Waals surface area contributed by atoms with Gasteiger partial charge in [-0.2, -0.15) is 13.2 Å². The molecule has 0 radical (unpaired) electrons. The van der Waals surface area contributed by atoms with Crippen molar-refractivity contribution >= 4 is 35.0 Å². The lowest BCUT2D eigenvalue weighted by molar-refractivity contribution is -0.137. The highest BCUT2D eigenvalue weighted by molar-refractivity contribution is 7.99. The van der Waals surface area contributed by atoms with Crippen LogP contribution in [0.15, 0.2) is 59.8 Å². The van der Waals surface area contributed by atoms with Crippen LogP contribution in [0.5, 0.6) is 0 Å². The number of alkyl halides is 3. The van der Waals surface area contributed by atoms with Gasteiger partial charge in [0.25, 0.3) is 0 Å². The van der Waals surface area contributed by atoms with E-state index >= 15 is 0 Å². The maximum Gasteiger partial charge on any atom is 0.416 e. The number of halogens is 3. The lowest BCUT2D eigenvalue weighted by atomic mass is 10.2. The van der Waals surface area contributed by atoms with Crippen molar-refractivity contribution in [2.24, 2.45) is 0 Å². The zero-order chi connectivity index (χ0) is 20.4. The van der Waals surface area contributed by atoms with Crippen LogP contribution in [0, 0.1) is 0 Å². The van der Waals surface area contributed by atoms with Crippen molar-refractivity contribution in [1.29, 1.82) is 0 Å². The predicted molar refractivity (Wildman–Crippen MR) is 104 cm³/mol. The molecule has 10 heteroatoms. The number of benzene rings is 2. The summed E-state index contributed by atoms with van der Waals surface area (Å²) in [6, 6.07) is 14.4. The fourth-order valence-electron chi connectivity index (χ4n) is 3.04. The normalized spacial score (nSPS) is 13.4. The van der Waals surface area contributed by atoms with E-state index < -0.39 is 17.6 Å². The molecule has 29 heavy (non-hydrogen) atoms. The molecule has 2 aromatic carbocycles. The van der Waals surface area contributed by atoms with Gasteiger partial charge in [0.1, 0.15) is 0 Å². The molecule has 0 aliphatic carbocycles. The molecule has 6 nitrogen and oxygen atoms in total. The molecule has 0 atom stereocenters. The highest BCUT2D eigenvalue weighted by atomic mass is 32.2. The maximum atomic E-state index is 12.8. The van der Waals surface area contributed by atoms with Crippen LogP contribution in [0.1, 0.15) is 5.56 Å². The molecule has 0 spiro atoms. The number of rotatable bonds is 5. The van der Waals surface area contributed by atoms with Crippen LogP contribution in [0.2, 0.25) is 0 Å². The van der Waals surface area contributed by atoms with Crippen molar-refractivity contribution in [3.8, 4) is 0 Å². The lowest BCUT2D eigenvalue weighted by Gasteiger charge is -2.14. The van der Waals surface area contributed by atoms with Crippen molar-refractivity contribution < 1.29 is 18.0 Å². The first-order valence-corrected chi connectivity index (χ1v) is 9.76. The van der Waals surface area contributed by atoms with E-state index in [9.17, 15) is 18.0 Å². The van der Waals surface area contributed by atoms with Gasteiger partial charge in [-0.15, -0.1) is 10.2 Å². The zero-order valence-corrected chi connectivity index (χ0v) is 15.9. The average Bonchev–Trinajstić information content (AvgIpc) is 3.29. The third-order valence-corrected chi connectivity index (χ3v) is 5.33. The second-order valence-electron chi connectivity index (χ2n) is 6.34. The smallest absolute Gasteiger partial charge is 0.325 e. The molecular formula is C19H16F3N5OS. The fourth-order valence-corrected chi connectivity index (χ4v) is 3.80. The summed E-state index contributed by atoms with van der Waals surface area (Å²) in [6.45, 7) is 1.44. The number of hydrogen-bond donors (Lipinski definition) is 1. The minimum Gasteiger partial charge on any atom is -0.325 e. The number of fused-ring (bicyclic) bond motifs is 1. The number of aromatic nitrogens is 3. The van der Waals surface area contributed by atoms with Crippen molar-refractivity contribution in [3.63, 3.8) is 0 Å². The molecule has 1 aliphatic heterocycles. The summed E-state index contributed by atoms with van der Waals surface area (Å²) in [4.78, 5) is 14.2. The number of hydrogen-bond acceptors (Lipinski definition) is 5. The summed E-state index contributed by atoms with van der Waals surface area (Å²) in [6.07, 6.45) is -4.46. The predicted octanol–water partition coefficient (Wildman–Crippen LogP) is 4.18. The monoisotopic (exact) mass is 419 g/mol. The maximum absolute atomic E-state index is 12.8. The number of nitrogens with one attached hydrogen (secondary N) is 1. The van der Waals surface area contributed by atoms with Gasteiger partial charge in [0, 0.05) is 24.5 Å². The molecule has 0 fully saturated rings. The Hall–Kier alpha value is -3.01. The van der Waals surface area contributed by atoms with Crippen LogP contribution in [0.4, 0.5) is 30.5 Å². The van der Waals surface area contributed by atoms with Gasteiger partial charge in [0.2, 0.25) is 11.9 Å². The fraction of sp³-hybridized carbons (Fsp3) is 0.211. The van der Waals surface area contributed by atoms with Gasteiger partial charge in [0.15, 0.2) is 5.16 Å². The summed E-state index contributed by atoms with van der Waals surface area (Å²) < 4.78 is 40.3. The van der Waals surface area contributed by atoms with Crippen LogP contribution in [-0.4, -0.2) is 33.0 Å². The molecule has 0 saturated carbocycles. The van der Waals surface area contributed by atoms with E-state index in [2.05, 4.69) is 15.5 Å². The molecule has 2 heterocycles. The first kappa shape index (κ1) is 19.3. The Labute approximate surface area is 168 Å². The third-order valence-electron chi connectivity index (χ3n) is 4.36. The number of nitrogens with zero attached hydrogens (tertiary/aromatic N) is 4. The summed E-state index contributed by atoms with van der Waals surface area (Å²) >= 11 is 1.20. The van der Waals surface area contributed by atoms with Crippen LogP contribution >= 0.6 is 11.8 Å². The summed E-state index contributed by atoms with van der Waals surface area (Å²) in [5.41, 5.74) is 0.309. The number of thioether (sulfide) groups is 1. The highest BCUT2D eigenvalue weighted by Gasteiger charge is 2.30. The van der Waals surface area contributed by atoms with E-state index in [4.69, 9.17) is 0 Å². The van der Waals surface area contributed by atoms with Crippen LogP contribution in [0.3, 0.4) is 0 Å². The molecule has 0 bridgehead atoms. The Morgan fingerprint density at radius 1 is 1.07 bits per heavy atom. The lowest BCUT2D eigenvalue weighted by Crippen LogP contribution is -2.15. The molecular weight excluding hydrogens is 403 g/mol. The first-order valence-electron chi connectivity index (χ1n) is 8.77. The van der Waals surface area contributed by atoms with Gasteiger partial charge in [0.05, 0.1) is 11.3 Å². The number of anilines is 3. The number of carbonyl (C=O) groups excluding carboxylic acids is 1. The summed E-state index contributed by atoms with van der Waals surface area (Å²) in [7, 11) is 0. The van der Waals surface area contributed by atoms with E-state index in [-0.39, 0.29) is 11.4 Å². The quantitative estimate of drug-likeness (QED) is 0.629. The van der Waals surface area contributed by atoms with Gasteiger partial charge in [-0.05, 0) is 30.3 Å². The van der Waals surface area contributed by atoms with Gasteiger partial charge >= 0.3 is 6.18 Å². The van der Waals surface area contributed by atoms with Crippen molar-refractivity contribution in [2.45, 2.75) is 17.9 Å². The largest absolute Gasteiger partial charge is 0.416 e. The number of carbonyl (C=O) groups is 1. The number of para-hydroxylation sites is 1. The van der Waals surface area contributed by atoms with Gasteiger partial charge in [-0.3, -0.25) is 9.36 Å². The first-order chi connectivity index (χ1) is 13.9. The summed E-state index contributed by atoms with van der Waals surface area (Å²) in [5.74, 6) is 0.307. The third kappa shape index (κ3) is 4.21. The Balaban J connectivity index is 1.39. The molecule has 1 amide bonds. The second kappa shape index (κ2) is 7.78. The van der Waals surface area contributed by atoms with Gasteiger partial charge in [-0.25, -0.2) is 0 Å². The number of amides is 1. The molecule has 1 N–H and O–H groups in total. The van der Waals surface area contributed by atoms with Crippen molar-refractivity contribution in [1.82, 2.24) is 14.8 Å². The van der Waals surface area contributed by atoms with Gasteiger partial charge < -0.3 is 10.2 Å². The Kier molecular flexibility index (Phi) is 5.18. The van der Waals surface area contributed by atoms with E-state index in [1.165, 1.54) is 23.9 Å². The second-order valence-corrected chi connectivity index (χ2v) is 7.28. The van der Waals surface area contributed by atoms with Crippen LogP contribution in [-0.2, 0) is 17.5 Å². The van der Waals surface area contributed by atoms with Crippen LogP contribution in [0.25, 0.3) is 0 Å². The molecule has 3 aromatic rings. The highest BCUT2D eigenvalue weighted by Crippen LogP contribution is 2.32. The van der Waals surface area contributed by atoms with Crippen molar-refractivity contribution in [2.75, 3.05) is 22.5 Å². The molecule has 0 unspecified atom stereocenters. The van der Waals surface area contributed by atoms with E-state index in [0.717, 1.165) is 24.4 Å². The minimum atomic E-state index is -4.46. The van der Waals surface area contributed by atoms with E-state index in [1.807, 2.05) is 39.8 Å². The molecule has 0 saturated heterocycles. The SMILES string of the molecule is O=C(CSc1nnc2n1CCN2c1ccccc1)Nc1cccc(C(F)(F)F)c1. The molecule has 1 aliphatic rings. The Morgan fingerprint density at radius 3 is 2.62 bits per heavy atom. The Morgan fingerprint density at radius 2 is 1.86 bits per heavy atom.